The molecule has 2 aliphatic rings. The minimum absolute atomic E-state index is 0. The van der Waals surface area contributed by atoms with Crippen molar-refractivity contribution in [1.82, 2.24) is 10.2 Å². The molecular weight excluding hydrogens is 385 g/mol. The first-order valence-electron chi connectivity index (χ1n) is 7.35. The van der Waals surface area contributed by atoms with Gasteiger partial charge < -0.3 is 19.7 Å². The molecule has 0 bridgehead atoms. The zero-order chi connectivity index (χ0) is 14.4. The van der Waals surface area contributed by atoms with Gasteiger partial charge in [0.25, 0.3) is 0 Å². The van der Waals surface area contributed by atoms with Crippen molar-refractivity contribution in [1.29, 1.82) is 0 Å². The van der Waals surface area contributed by atoms with Gasteiger partial charge in [-0.2, -0.15) is 0 Å². The summed E-state index contributed by atoms with van der Waals surface area (Å²) in [6, 6.07) is 0. The molecular formula is C14H26IN3O3. The van der Waals surface area contributed by atoms with E-state index in [2.05, 4.69) is 15.2 Å². The normalized spacial score (nSPS) is 23.6. The van der Waals surface area contributed by atoms with Crippen LogP contribution in [0.5, 0.6) is 0 Å². The van der Waals surface area contributed by atoms with Gasteiger partial charge in [-0.3, -0.25) is 9.79 Å². The van der Waals surface area contributed by atoms with E-state index >= 15 is 0 Å². The molecule has 0 aromatic heterocycles. The van der Waals surface area contributed by atoms with Crippen LogP contribution < -0.4 is 5.32 Å². The maximum absolute atomic E-state index is 11.5. The first-order valence-corrected chi connectivity index (χ1v) is 7.35. The minimum Gasteiger partial charge on any atom is -0.469 e. The molecule has 1 atom stereocenters. The molecule has 0 aromatic rings. The number of ether oxygens (including phenoxy) is 2. The molecule has 2 fully saturated rings. The Labute approximate surface area is 143 Å². The Balaban J connectivity index is 0.00000220. The third kappa shape index (κ3) is 5.28. The zero-order valence-corrected chi connectivity index (χ0v) is 15.2. The Morgan fingerprint density at radius 2 is 2.10 bits per heavy atom. The van der Waals surface area contributed by atoms with Crippen LogP contribution in [0.15, 0.2) is 4.99 Å². The van der Waals surface area contributed by atoms with Crippen LogP contribution in [0.1, 0.15) is 19.3 Å². The second kappa shape index (κ2) is 9.45. The first kappa shape index (κ1) is 18.5. The standard InChI is InChI=1S/C14H25N3O3.HI/c1-15-14(16-9-11-5-8-20-10-11)17-6-3-12(4-7-17)13(18)19-2;/h11-12H,3-10H2,1-2H3,(H,15,16);1H. The van der Waals surface area contributed by atoms with E-state index in [0.717, 1.165) is 58.1 Å². The lowest BCUT2D eigenvalue weighted by Gasteiger charge is -2.33. The molecule has 0 aliphatic carbocycles. The van der Waals surface area contributed by atoms with E-state index < -0.39 is 0 Å². The highest BCUT2D eigenvalue weighted by atomic mass is 127. The maximum atomic E-state index is 11.5. The predicted octanol–water partition coefficient (Wildman–Crippen LogP) is 1.10. The van der Waals surface area contributed by atoms with Gasteiger partial charge in [-0.25, -0.2) is 0 Å². The van der Waals surface area contributed by atoms with Crippen molar-refractivity contribution < 1.29 is 14.3 Å². The highest BCUT2D eigenvalue weighted by Gasteiger charge is 2.27. The van der Waals surface area contributed by atoms with Gasteiger partial charge in [0.1, 0.15) is 0 Å². The van der Waals surface area contributed by atoms with Crippen LogP contribution in [0, 0.1) is 11.8 Å². The molecule has 0 aromatic carbocycles. The number of carbonyl (C=O) groups is 1. The Morgan fingerprint density at radius 1 is 1.38 bits per heavy atom. The van der Waals surface area contributed by atoms with Crippen molar-refractivity contribution in [2.75, 3.05) is 47.0 Å². The van der Waals surface area contributed by atoms with Crippen molar-refractivity contribution in [2.24, 2.45) is 16.8 Å². The number of esters is 1. The summed E-state index contributed by atoms with van der Waals surface area (Å²) in [6.07, 6.45) is 2.79. The van der Waals surface area contributed by atoms with Gasteiger partial charge in [0.05, 0.1) is 19.6 Å². The Morgan fingerprint density at radius 3 is 2.62 bits per heavy atom. The van der Waals surface area contributed by atoms with E-state index in [9.17, 15) is 4.79 Å². The van der Waals surface area contributed by atoms with E-state index in [1.165, 1.54) is 7.11 Å². The fourth-order valence-corrected chi connectivity index (χ4v) is 2.81. The SMILES string of the molecule is CN=C(NCC1CCOC1)N1CCC(C(=O)OC)CC1.I. The van der Waals surface area contributed by atoms with E-state index in [1.807, 2.05) is 0 Å². The number of hydrogen-bond donors (Lipinski definition) is 1. The third-order valence-corrected chi connectivity index (χ3v) is 4.11. The number of rotatable bonds is 3. The summed E-state index contributed by atoms with van der Waals surface area (Å²) in [7, 11) is 3.26. The summed E-state index contributed by atoms with van der Waals surface area (Å²) < 4.78 is 10.2. The van der Waals surface area contributed by atoms with Crippen LogP contribution in [0.2, 0.25) is 0 Å². The molecule has 122 valence electrons. The monoisotopic (exact) mass is 411 g/mol. The second-order valence-corrected chi connectivity index (χ2v) is 5.44. The maximum Gasteiger partial charge on any atom is 0.308 e. The van der Waals surface area contributed by atoms with Gasteiger partial charge in [-0.05, 0) is 19.3 Å². The van der Waals surface area contributed by atoms with Crippen LogP contribution in [0.3, 0.4) is 0 Å². The Bertz CT molecular complexity index is 351. The Kier molecular flexibility index (Phi) is 8.31. The molecule has 0 radical (unpaired) electrons. The minimum atomic E-state index is -0.0873. The second-order valence-electron chi connectivity index (χ2n) is 5.44. The quantitative estimate of drug-likeness (QED) is 0.326. The number of carbonyl (C=O) groups excluding carboxylic acids is 1. The number of hydrogen-bond acceptors (Lipinski definition) is 4. The number of aliphatic imine (C=N–C) groups is 1. The smallest absolute Gasteiger partial charge is 0.308 e. The molecule has 2 rings (SSSR count). The molecule has 2 heterocycles. The number of halogens is 1. The van der Waals surface area contributed by atoms with Gasteiger partial charge >= 0.3 is 5.97 Å². The molecule has 2 aliphatic heterocycles. The molecule has 0 amide bonds. The number of guanidine groups is 1. The lowest BCUT2D eigenvalue weighted by Crippen LogP contribution is -2.47. The molecule has 6 nitrogen and oxygen atoms in total. The molecule has 0 saturated carbocycles. The number of methoxy groups -OCH3 is 1. The van der Waals surface area contributed by atoms with Gasteiger partial charge in [-0.15, -0.1) is 24.0 Å². The summed E-state index contributed by atoms with van der Waals surface area (Å²) in [5.74, 6) is 1.47. The lowest BCUT2D eigenvalue weighted by atomic mass is 9.97. The van der Waals surface area contributed by atoms with Crippen molar-refractivity contribution in [3.05, 3.63) is 0 Å². The highest BCUT2D eigenvalue weighted by molar-refractivity contribution is 14.0. The number of nitrogens with one attached hydrogen (secondary N) is 1. The van der Waals surface area contributed by atoms with Crippen molar-refractivity contribution >= 4 is 35.9 Å². The number of likely N-dealkylation sites (tertiary alicyclic amines) is 1. The van der Waals surface area contributed by atoms with E-state index in [-0.39, 0.29) is 35.9 Å². The van der Waals surface area contributed by atoms with E-state index in [0.29, 0.717) is 5.92 Å². The predicted molar refractivity (Wildman–Crippen MR) is 92.0 cm³/mol. The van der Waals surface area contributed by atoms with Crippen molar-refractivity contribution in [2.45, 2.75) is 19.3 Å². The fourth-order valence-electron chi connectivity index (χ4n) is 2.81. The van der Waals surface area contributed by atoms with Gasteiger partial charge in [0, 0.05) is 39.2 Å². The van der Waals surface area contributed by atoms with Crippen LogP contribution >= 0.6 is 24.0 Å². The average Bonchev–Trinajstić information content (AvgIpc) is 3.01. The topological polar surface area (TPSA) is 63.2 Å². The molecule has 7 heteroatoms. The summed E-state index contributed by atoms with van der Waals surface area (Å²) in [4.78, 5) is 18.1. The molecule has 1 N–H and O–H groups in total. The van der Waals surface area contributed by atoms with Crippen LogP contribution in [0.25, 0.3) is 0 Å². The highest BCUT2D eigenvalue weighted by Crippen LogP contribution is 2.18. The largest absolute Gasteiger partial charge is 0.469 e. The molecule has 2 saturated heterocycles. The van der Waals surface area contributed by atoms with Gasteiger partial charge in [-0.1, -0.05) is 0 Å². The zero-order valence-electron chi connectivity index (χ0n) is 12.8. The molecule has 0 spiro atoms. The Hall–Kier alpha value is -0.570. The first-order chi connectivity index (χ1) is 9.74. The number of nitrogens with zero attached hydrogens (tertiary/aromatic N) is 2. The van der Waals surface area contributed by atoms with Crippen LogP contribution in [-0.2, 0) is 14.3 Å². The summed E-state index contributed by atoms with van der Waals surface area (Å²) in [6.45, 7) is 4.31. The third-order valence-electron chi connectivity index (χ3n) is 4.11. The van der Waals surface area contributed by atoms with E-state index in [1.54, 1.807) is 7.05 Å². The summed E-state index contributed by atoms with van der Waals surface area (Å²) in [5.41, 5.74) is 0. The summed E-state index contributed by atoms with van der Waals surface area (Å²) >= 11 is 0. The van der Waals surface area contributed by atoms with Gasteiger partial charge in [0.15, 0.2) is 5.96 Å². The average molecular weight is 411 g/mol. The van der Waals surface area contributed by atoms with Crippen molar-refractivity contribution in [3.63, 3.8) is 0 Å². The van der Waals surface area contributed by atoms with Gasteiger partial charge in [0.2, 0.25) is 0 Å². The molecule has 21 heavy (non-hydrogen) atoms. The lowest BCUT2D eigenvalue weighted by molar-refractivity contribution is -0.146. The van der Waals surface area contributed by atoms with Crippen molar-refractivity contribution in [3.8, 4) is 0 Å². The fraction of sp³-hybridized carbons (Fsp3) is 0.857. The molecule has 1 unspecified atom stereocenters. The number of piperidine rings is 1. The van der Waals surface area contributed by atoms with E-state index in [4.69, 9.17) is 9.47 Å². The van der Waals surface area contributed by atoms with Crippen LogP contribution in [0.4, 0.5) is 0 Å². The van der Waals surface area contributed by atoms with Crippen LogP contribution in [-0.4, -0.2) is 63.8 Å². The summed E-state index contributed by atoms with van der Waals surface area (Å²) in [5, 5.41) is 3.42.